The molecule has 0 bridgehead atoms. The van der Waals surface area contributed by atoms with E-state index in [1.165, 1.54) is 0 Å². The first kappa shape index (κ1) is 16.1. The van der Waals surface area contributed by atoms with Crippen LogP contribution in [0.1, 0.15) is 25.7 Å². The number of amides is 1. The Morgan fingerprint density at radius 1 is 1.43 bits per heavy atom. The summed E-state index contributed by atoms with van der Waals surface area (Å²) >= 11 is 6.01. The number of aliphatic hydroxyl groups is 1. The third-order valence-corrected chi connectivity index (χ3v) is 4.22. The average molecular weight is 313 g/mol. The number of carbonyl (C=O) groups excluding carboxylic acids is 1. The number of hydrogen-bond donors (Lipinski definition) is 3. The number of carbonyl (C=O) groups is 1. The number of methoxy groups -OCH3 is 1. The Hall–Kier alpha value is -1.30. The van der Waals surface area contributed by atoms with Crippen molar-refractivity contribution in [2.24, 2.45) is 0 Å². The van der Waals surface area contributed by atoms with E-state index in [0.29, 0.717) is 16.5 Å². The van der Waals surface area contributed by atoms with Gasteiger partial charge in [0, 0.05) is 11.2 Å². The van der Waals surface area contributed by atoms with Crippen molar-refractivity contribution in [2.75, 3.05) is 25.6 Å². The molecule has 1 aliphatic carbocycles. The molecule has 1 fully saturated rings. The fraction of sp³-hybridized carbons (Fsp3) is 0.533. The first-order valence-electron chi connectivity index (χ1n) is 7.08. The highest BCUT2D eigenvalue weighted by molar-refractivity contribution is 6.32. The number of ether oxygens (including phenoxy) is 1. The lowest BCUT2D eigenvalue weighted by Crippen LogP contribution is -2.49. The van der Waals surface area contributed by atoms with Crippen molar-refractivity contribution >= 4 is 23.2 Å². The summed E-state index contributed by atoms with van der Waals surface area (Å²) in [6.45, 7) is 0.235. The molecule has 1 aromatic rings. The van der Waals surface area contributed by atoms with Crippen LogP contribution < -0.4 is 15.4 Å². The summed E-state index contributed by atoms with van der Waals surface area (Å²) in [7, 11) is 1.54. The quantitative estimate of drug-likeness (QED) is 0.753. The minimum atomic E-state index is -0.297. The zero-order chi connectivity index (χ0) is 15.3. The first-order valence-corrected chi connectivity index (χ1v) is 7.46. The molecule has 1 amide bonds. The summed E-state index contributed by atoms with van der Waals surface area (Å²) in [5.41, 5.74) is 0.326. The van der Waals surface area contributed by atoms with Crippen molar-refractivity contribution in [3.8, 4) is 5.75 Å². The number of hydrogen-bond acceptors (Lipinski definition) is 4. The summed E-state index contributed by atoms with van der Waals surface area (Å²) < 4.78 is 5.06. The molecule has 0 atom stereocenters. The van der Waals surface area contributed by atoms with E-state index in [1.54, 1.807) is 25.3 Å². The van der Waals surface area contributed by atoms with Gasteiger partial charge in [-0.2, -0.15) is 0 Å². The van der Waals surface area contributed by atoms with Crippen LogP contribution in [0.5, 0.6) is 5.75 Å². The van der Waals surface area contributed by atoms with Crippen LogP contribution in [0.15, 0.2) is 18.2 Å². The topological polar surface area (TPSA) is 70.6 Å². The van der Waals surface area contributed by atoms with Crippen LogP contribution >= 0.6 is 11.6 Å². The van der Waals surface area contributed by atoms with E-state index in [4.69, 9.17) is 16.3 Å². The number of aliphatic hydroxyl groups excluding tert-OH is 1. The third-order valence-electron chi connectivity index (χ3n) is 3.92. The van der Waals surface area contributed by atoms with Crippen molar-refractivity contribution < 1.29 is 14.6 Å². The largest absolute Gasteiger partial charge is 0.495 e. The van der Waals surface area contributed by atoms with Crippen LogP contribution in [0.4, 0.5) is 5.69 Å². The van der Waals surface area contributed by atoms with Crippen LogP contribution in [0.2, 0.25) is 5.02 Å². The van der Waals surface area contributed by atoms with Gasteiger partial charge in [-0.1, -0.05) is 24.4 Å². The minimum Gasteiger partial charge on any atom is -0.495 e. The minimum absolute atomic E-state index is 0.0641. The van der Waals surface area contributed by atoms with Gasteiger partial charge in [0.05, 0.1) is 25.3 Å². The van der Waals surface area contributed by atoms with E-state index >= 15 is 0 Å². The summed E-state index contributed by atoms with van der Waals surface area (Å²) in [5, 5.41) is 15.9. The predicted octanol–water partition coefficient (Wildman–Crippen LogP) is 2.18. The molecule has 0 spiro atoms. The van der Waals surface area contributed by atoms with Crippen molar-refractivity contribution in [3.63, 3.8) is 0 Å². The van der Waals surface area contributed by atoms with Crippen molar-refractivity contribution in [3.05, 3.63) is 23.2 Å². The Bertz CT molecular complexity index is 502. The van der Waals surface area contributed by atoms with E-state index in [-0.39, 0.29) is 24.6 Å². The zero-order valence-electron chi connectivity index (χ0n) is 12.1. The second-order valence-electron chi connectivity index (χ2n) is 5.40. The molecule has 1 aromatic carbocycles. The first-order chi connectivity index (χ1) is 10.1. The van der Waals surface area contributed by atoms with Crippen molar-refractivity contribution in [2.45, 2.75) is 31.2 Å². The Balaban J connectivity index is 1.88. The molecule has 1 aliphatic rings. The van der Waals surface area contributed by atoms with E-state index in [1.807, 2.05) is 0 Å². The SMILES string of the molecule is COc1ccc(NC(=O)CNC2(CO)CCCC2)cc1Cl. The average Bonchev–Trinajstić information content (AvgIpc) is 2.95. The Morgan fingerprint density at radius 3 is 2.71 bits per heavy atom. The van der Waals surface area contributed by atoms with Gasteiger partial charge in [0.2, 0.25) is 5.91 Å². The summed E-state index contributed by atoms with van der Waals surface area (Å²) in [4.78, 5) is 12.0. The van der Waals surface area contributed by atoms with Gasteiger partial charge in [-0.25, -0.2) is 0 Å². The molecule has 0 heterocycles. The van der Waals surface area contributed by atoms with Crippen LogP contribution in [-0.4, -0.2) is 36.8 Å². The Morgan fingerprint density at radius 2 is 2.14 bits per heavy atom. The van der Waals surface area contributed by atoms with Crippen LogP contribution in [-0.2, 0) is 4.79 Å². The van der Waals surface area contributed by atoms with Gasteiger partial charge >= 0.3 is 0 Å². The highest BCUT2D eigenvalue weighted by Gasteiger charge is 2.32. The van der Waals surface area contributed by atoms with E-state index in [0.717, 1.165) is 25.7 Å². The molecule has 0 radical (unpaired) electrons. The monoisotopic (exact) mass is 312 g/mol. The lowest BCUT2D eigenvalue weighted by atomic mass is 9.99. The number of benzene rings is 1. The lowest BCUT2D eigenvalue weighted by Gasteiger charge is -2.27. The van der Waals surface area contributed by atoms with Gasteiger partial charge in [0.25, 0.3) is 0 Å². The number of anilines is 1. The maximum absolute atomic E-state index is 12.0. The molecule has 3 N–H and O–H groups in total. The molecule has 0 saturated heterocycles. The second-order valence-corrected chi connectivity index (χ2v) is 5.80. The van der Waals surface area contributed by atoms with Gasteiger partial charge in [0.1, 0.15) is 5.75 Å². The fourth-order valence-electron chi connectivity index (χ4n) is 2.66. The van der Waals surface area contributed by atoms with Crippen molar-refractivity contribution in [1.82, 2.24) is 5.32 Å². The highest BCUT2D eigenvalue weighted by Crippen LogP contribution is 2.29. The van der Waals surface area contributed by atoms with E-state index in [2.05, 4.69) is 10.6 Å². The summed E-state index contributed by atoms with van der Waals surface area (Å²) in [6.07, 6.45) is 3.99. The van der Waals surface area contributed by atoms with E-state index < -0.39 is 0 Å². The molecule has 6 heteroatoms. The van der Waals surface area contributed by atoms with Gasteiger partial charge in [0.15, 0.2) is 0 Å². The molecule has 116 valence electrons. The fourth-order valence-corrected chi connectivity index (χ4v) is 2.92. The zero-order valence-corrected chi connectivity index (χ0v) is 12.9. The normalized spacial score (nSPS) is 16.7. The third kappa shape index (κ3) is 4.09. The highest BCUT2D eigenvalue weighted by atomic mass is 35.5. The maximum atomic E-state index is 12.0. The summed E-state index contributed by atoms with van der Waals surface area (Å²) in [6, 6.07) is 5.09. The molecule has 1 saturated carbocycles. The second kappa shape index (κ2) is 7.11. The summed E-state index contributed by atoms with van der Waals surface area (Å²) in [5.74, 6) is 0.411. The number of rotatable bonds is 6. The van der Waals surface area contributed by atoms with Gasteiger partial charge < -0.3 is 20.5 Å². The predicted molar refractivity (Wildman–Crippen MR) is 82.9 cm³/mol. The van der Waals surface area contributed by atoms with Gasteiger partial charge in [-0.15, -0.1) is 0 Å². The molecule has 0 unspecified atom stereocenters. The molecule has 0 aliphatic heterocycles. The van der Waals surface area contributed by atoms with Crippen LogP contribution in [0, 0.1) is 0 Å². The molecule has 2 rings (SSSR count). The Labute approximate surface area is 129 Å². The van der Waals surface area contributed by atoms with Gasteiger partial charge in [-0.05, 0) is 31.0 Å². The number of nitrogens with one attached hydrogen (secondary N) is 2. The smallest absolute Gasteiger partial charge is 0.238 e. The van der Waals surface area contributed by atoms with Crippen LogP contribution in [0.25, 0.3) is 0 Å². The number of halogens is 1. The molecule has 0 aromatic heterocycles. The standard InChI is InChI=1S/C15H21ClN2O3/c1-21-13-5-4-11(8-12(13)16)18-14(20)9-17-15(10-19)6-2-3-7-15/h4-5,8,17,19H,2-3,6-7,9-10H2,1H3,(H,18,20). The van der Waals surface area contributed by atoms with E-state index in [9.17, 15) is 9.90 Å². The maximum Gasteiger partial charge on any atom is 0.238 e. The molecular weight excluding hydrogens is 292 g/mol. The van der Waals surface area contributed by atoms with Gasteiger partial charge in [-0.3, -0.25) is 4.79 Å². The molecule has 21 heavy (non-hydrogen) atoms. The molecule has 5 nitrogen and oxygen atoms in total. The lowest BCUT2D eigenvalue weighted by molar-refractivity contribution is -0.115. The Kier molecular flexibility index (Phi) is 5.45. The molecular formula is C15H21ClN2O3. The van der Waals surface area contributed by atoms with Crippen molar-refractivity contribution in [1.29, 1.82) is 0 Å². The van der Waals surface area contributed by atoms with Crippen LogP contribution in [0.3, 0.4) is 0 Å².